The van der Waals surface area contributed by atoms with E-state index in [1.165, 1.54) is 22.8 Å². The molecule has 0 aromatic carbocycles. The zero-order valence-electron chi connectivity index (χ0n) is 10.8. The Bertz CT molecular complexity index is 307. The molecular formula is C12H23N3S. The molecule has 0 fully saturated rings. The van der Waals surface area contributed by atoms with Crippen LogP contribution in [0.1, 0.15) is 25.1 Å². The number of hydrogen-bond acceptors (Lipinski definition) is 3. The van der Waals surface area contributed by atoms with Crippen LogP contribution in [0.5, 0.6) is 0 Å². The van der Waals surface area contributed by atoms with Crippen molar-refractivity contribution in [2.75, 3.05) is 18.1 Å². The first-order valence-corrected chi connectivity index (χ1v) is 7.02. The van der Waals surface area contributed by atoms with E-state index in [1.807, 2.05) is 29.7 Å². The van der Waals surface area contributed by atoms with Crippen LogP contribution in [0.2, 0.25) is 0 Å². The van der Waals surface area contributed by atoms with Crippen molar-refractivity contribution in [3.05, 3.63) is 17.5 Å². The largest absolute Gasteiger partial charge is 0.312 e. The maximum Gasteiger partial charge on any atom is 0.0537 e. The Balaban J connectivity index is 2.10. The highest BCUT2D eigenvalue weighted by Crippen LogP contribution is 2.07. The van der Waals surface area contributed by atoms with E-state index in [0.717, 1.165) is 19.0 Å². The first-order valence-electron chi connectivity index (χ1n) is 5.87. The Morgan fingerprint density at radius 2 is 2.25 bits per heavy atom. The Hall–Kier alpha value is -0.480. The first-order chi connectivity index (χ1) is 7.61. The third kappa shape index (κ3) is 4.58. The highest BCUT2D eigenvalue weighted by atomic mass is 32.2. The van der Waals surface area contributed by atoms with Crippen LogP contribution in [0.3, 0.4) is 0 Å². The molecule has 1 N–H and O–H groups in total. The third-order valence-electron chi connectivity index (χ3n) is 2.53. The maximum atomic E-state index is 4.23. The lowest BCUT2D eigenvalue weighted by atomic mass is 10.2. The van der Waals surface area contributed by atoms with Crippen LogP contribution >= 0.6 is 11.8 Å². The van der Waals surface area contributed by atoms with Gasteiger partial charge >= 0.3 is 0 Å². The van der Waals surface area contributed by atoms with Crippen molar-refractivity contribution in [2.45, 2.75) is 27.3 Å². The molecule has 1 aromatic heterocycles. The second-order valence-electron chi connectivity index (χ2n) is 4.52. The maximum absolute atomic E-state index is 4.23. The van der Waals surface area contributed by atoms with Crippen molar-refractivity contribution in [2.24, 2.45) is 13.0 Å². The summed E-state index contributed by atoms with van der Waals surface area (Å²) in [4.78, 5) is 0. The van der Waals surface area contributed by atoms with Crippen molar-refractivity contribution >= 4 is 11.8 Å². The SMILES string of the molecule is Cc1c(CNCCSCC(C)C)cnn1C. The Morgan fingerprint density at radius 3 is 2.81 bits per heavy atom. The summed E-state index contributed by atoms with van der Waals surface area (Å²) in [6, 6.07) is 0. The summed E-state index contributed by atoms with van der Waals surface area (Å²) in [5, 5.41) is 7.68. The van der Waals surface area contributed by atoms with Crippen LogP contribution < -0.4 is 5.32 Å². The summed E-state index contributed by atoms with van der Waals surface area (Å²) < 4.78 is 1.92. The van der Waals surface area contributed by atoms with Crippen molar-refractivity contribution < 1.29 is 0 Å². The van der Waals surface area contributed by atoms with Crippen LogP contribution in [0.15, 0.2) is 6.20 Å². The van der Waals surface area contributed by atoms with E-state index in [-0.39, 0.29) is 0 Å². The van der Waals surface area contributed by atoms with Crippen molar-refractivity contribution in [1.82, 2.24) is 15.1 Å². The molecular weight excluding hydrogens is 218 g/mol. The molecule has 0 aliphatic heterocycles. The quantitative estimate of drug-likeness (QED) is 0.742. The Morgan fingerprint density at radius 1 is 1.50 bits per heavy atom. The predicted octanol–water partition coefficient (Wildman–Crippen LogP) is 2.21. The molecule has 0 saturated carbocycles. The van der Waals surface area contributed by atoms with Crippen LogP contribution in [-0.4, -0.2) is 27.8 Å². The Labute approximate surface area is 103 Å². The van der Waals surface area contributed by atoms with E-state index >= 15 is 0 Å². The van der Waals surface area contributed by atoms with E-state index in [0.29, 0.717) is 0 Å². The summed E-state index contributed by atoms with van der Waals surface area (Å²) in [6.45, 7) is 8.64. The van der Waals surface area contributed by atoms with E-state index in [1.54, 1.807) is 0 Å². The van der Waals surface area contributed by atoms with Gasteiger partial charge in [0.1, 0.15) is 0 Å². The van der Waals surface area contributed by atoms with Gasteiger partial charge in [0, 0.05) is 37.1 Å². The van der Waals surface area contributed by atoms with Gasteiger partial charge in [0.15, 0.2) is 0 Å². The van der Waals surface area contributed by atoms with Crippen molar-refractivity contribution in [1.29, 1.82) is 0 Å². The number of rotatable bonds is 7. The van der Waals surface area contributed by atoms with Gasteiger partial charge in [-0.15, -0.1) is 0 Å². The molecule has 0 atom stereocenters. The summed E-state index contributed by atoms with van der Waals surface area (Å²) in [7, 11) is 1.98. The average molecular weight is 241 g/mol. The van der Waals surface area contributed by atoms with Gasteiger partial charge in [-0.05, 0) is 18.6 Å². The number of thioether (sulfide) groups is 1. The molecule has 4 heteroatoms. The number of nitrogens with zero attached hydrogens (tertiary/aromatic N) is 2. The lowest BCUT2D eigenvalue weighted by Gasteiger charge is -2.06. The van der Waals surface area contributed by atoms with Gasteiger partial charge in [-0.2, -0.15) is 16.9 Å². The molecule has 1 heterocycles. The molecule has 1 rings (SSSR count). The molecule has 0 spiro atoms. The molecule has 0 aliphatic rings. The molecule has 0 radical (unpaired) electrons. The lowest BCUT2D eigenvalue weighted by Crippen LogP contribution is -2.17. The van der Waals surface area contributed by atoms with E-state index < -0.39 is 0 Å². The normalized spacial score (nSPS) is 11.3. The van der Waals surface area contributed by atoms with Gasteiger partial charge in [-0.1, -0.05) is 13.8 Å². The minimum atomic E-state index is 0.797. The van der Waals surface area contributed by atoms with E-state index in [4.69, 9.17) is 0 Å². The van der Waals surface area contributed by atoms with Crippen molar-refractivity contribution in [3.63, 3.8) is 0 Å². The highest BCUT2D eigenvalue weighted by Gasteiger charge is 2.02. The monoisotopic (exact) mass is 241 g/mol. The molecule has 92 valence electrons. The number of nitrogens with one attached hydrogen (secondary N) is 1. The van der Waals surface area contributed by atoms with E-state index in [2.05, 4.69) is 31.2 Å². The smallest absolute Gasteiger partial charge is 0.0537 e. The lowest BCUT2D eigenvalue weighted by molar-refractivity contribution is 0.711. The average Bonchev–Trinajstić information content (AvgIpc) is 2.54. The molecule has 0 unspecified atom stereocenters. The van der Waals surface area contributed by atoms with Gasteiger partial charge in [0.05, 0.1) is 6.20 Å². The van der Waals surface area contributed by atoms with Gasteiger partial charge in [-0.25, -0.2) is 0 Å². The van der Waals surface area contributed by atoms with Crippen molar-refractivity contribution in [3.8, 4) is 0 Å². The van der Waals surface area contributed by atoms with Crippen LogP contribution in [0, 0.1) is 12.8 Å². The zero-order valence-corrected chi connectivity index (χ0v) is 11.6. The first kappa shape index (κ1) is 13.6. The fraction of sp³-hybridized carbons (Fsp3) is 0.750. The molecule has 3 nitrogen and oxygen atoms in total. The summed E-state index contributed by atoms with van der Waals surface area (Å²) in [5.74, 6) is 3.25. The van der Waals surface area contributed by atoms with Gasteiger partial charge in [-0.3, -0.25) is 4.68 Å². The Kier molecular flexibility index (Phi) is 5.91. The molecule has 0 aliphatic carbocycles. The van der Waals surface area contributed by atoms with Crippen LogP contribution in [0.25, 0.3) is 0 Å². The summed E-state index contributed by atoms with van der Waals surface area (Å²) in [5.41, 5.74) is 2.55. The second kappa shape index (κ2) is 6.97. The number of aromatic nitrogens is 2. The highest BCUT2D eigenvalue weighted by molar-refractivity contribution is 7.99. The third-order valence-corrected chi connectivity index (χ3v) is 3.92. The summed E-state index contributed by atoms with van der Waals surface area (Å²) in [6.07, 6.45) is 1.95. The minimum absolute atomic E-state index is 0.797. The van der Waals surface area contributed by atoms with Gasteiger partial charge < -0.3 is 5.32 Å². The van der Waals surface area contributed by atoms with Crippen LogP contribution in [-0.2, 0) is 13.6 Å². The zero-order chi connectivity index (χ0) is 12.0. The minimum Gasteiger partial charge on any atom is -0.312 e. The molecule has 0 bridgehead atoms. The van der Waals surface area contributed by atoms with Gasteiger partial charge in [0.2, 0.25) is 0 Å². The number of aryl methyl sites for hydroxylation is 1. The number of hydrogen-bond donors (Lipinski definition) is 1. The standard InChI is InChI=1S/C12H23N3S/c1-10(2)9-16-6-5-13-7-12-8-14-15(4)11(12)3/h8,10,13H,5-7,9H2,1-4H3. The fourth-order valence-electron chi connectivity index (χ4n) is 1.40. The summed E-state index contributed by atoms with van der Waals surface area (Å²) >= 11 is 2.02. The second-order valence-corrected chi connectivity index (χ2v) is 5.67. The van der Waals surface area contributed by atoms with E-state index in [9.17, 15) is 0 Å². The predicted molar refractivity (Wildman–Crippen MR) is 71.8 cm³/mol. The van der Waals surface area contributed by atoms with Gasteiger partial charge in [0.25, 0.3) is 0 Å². The molecule has 0 saturated heterocycles. The topological polar surface area (TPSA) is 29.9 Å². The molecule has 1 aromatic rings. The molecule has 16 heavy (non-hydrogen) atoms. The molecule has 0 amide bonds. The van der Waals surface area contributed by atoms with Crippen LogP contribution in [0.4, 0.5) is 0 Å². The fourth-order valence-corrected chi connectivity index (χ4v) is 2.33.